The molecule has 1 heterocycles. The second kappa shape index (κ2) is 7.47. The molecule has 1 aromatic carbocycles. The number of likely N-dealkylation sites (tertiary alicyclic amines) is 1. The number of halogens is 2. The maximum atomic E-state index is 13.7. The Kier molecular flexibility index (Phi) is 5.80. The quantitative estimate of drug-likeness (QED) is 0.895. The third kappa shape index (κ3) is 4.66. The molecule has 1 N–H and O–H groups in total. The predicted octanol–water partition coefficient (Wildman–Crippen LogP) is 3.11. The van der Waals surface area contributed by atoms with Crippen LogP contribution in [-0.4, -0.2) is 41.6 Å². The van der Waals surface area contributed by atoms with E-state index in [0.717, 1.165) is 38.1 Å². The third-order valence-corrected chi connectivity index (χ3v) is 4.40. The minimum Gasteiger partial charge on any atom is -0.475 e. The van der Waals surface area contributed by atoms with Crippen molar-refractivity contribution in [3.05, 3.63) is 29.8 Å². The molecule has 0 bridgehead atoms. The second-order valence-electron chi connectivity index (χ2n) is 7.06. The molecule has 0 atom stereocenters. The van der Waals surface area contributed by atoms with E-state index in [1.165, 1.54) is 6.07 Å². The summed E-state index contributed by atoms with van der Waals surface area (Å²) in [7, 11) is 0. The zero-order chi connectivity index (χ0) is 17.9. The van der Waals surface area contributed by atoms with Gasteiger partial charge in [0.15, 0.2) is 17.2 Å². The molecule has 0 unspecified atom stereocenters. The van der Waals surface area contributed by atoms with Crippen molar-refractivity contribution in [2.75, 3.05) is 13.1 Å². The van der Waals surface area contributed by atoms with Crippen LogP contribution in [0.1, 0.15) is 40.5 Å². The van der Waals surface area contributed by atoms with E-state index >= 15 is 0 Å². The van der Waals surface area contributed by atoms with Crippen molar-refractivity contribution in [2.24, 2.45) is 0 Å². The molecule has 6 heteroatoms. The van der Waals surface area contributed by atoms with Crippen LogP contribution >= 0.6 is 0 Å². The molecule has 1 aliphatic heterocycles. The van der Waals surface area contributed by atoms with Gasteiger partial charge in [0.05, 0.1) is 0 Å². The molecule has 0 aromatic heterocycles. The van der Waals surface area contributed by atoms with Crippen molar-refractivity contribution in [3.63, 3.8) is 0 Å². The minimum absolute atomic E-state index is 0.0911. The third-order valence-electron chi connectivity index (χ3n) is 4.40. The lowest BCUT2D eigenvalue weighted by Gasteiger charge is -2.36. The molecule has 0 saturated carbocycles. The van der Waals surface area contributed by atoms with Gasteiger partial charge in [0.1, 0.15) is 5.82 Å². The highest BCUT2D eigenvalue weighted by atomic mass is 19.1. The largest absolute Gasteiger partial charge is 0.475 e. The summed E-state index contributed by atoms with van der Waals surface area (Å²) >= 11 is 0. The predicted molar refractivity (Wildman–Crippen MR) is 88.9 cm³/mol. The van der Waals surface area contributed by atoms with Gasteiger partial charge >= 0.3 is 0 Å². The molecule has 1 aromatic rings. The van der Waals surface area contributed by atoms with Gasteiger partial charge in [0, 0.05) is 31.2 Å². The van der Waals surface area contributed by atoms with Crippen molar-refractivity contribution in [1.29, 1.82) is 0 Å². The molecule has 0 radical (unpaired) electrons. The Morgan fingerprint density at radius 2 is 1.92 bits per heavy atom. The first-order valence-electron chi connectivity index (χ1n) is 8.38. The van der Waals surface area contributed by atoms with Gasteiger partial charge in [-0.2, -0.15) is 0 Å². The Balaban J connectivity index is 1.93. The summed E-state index contributed by atoms with van der Waals surface area (Å²) in [5.41, 5.74) is -1.24. The van der Waals surface area contributed by atoms with Crippen molar-refractivity contribution < 1.29 is 18.3 Å². The number of piperidine rings is 1. The van der Waals surface area contributed by atoms with Gasteiger partial charge < -0.3 is 15.0 Å². The highest BCUT2D eigenvalue weighted by molar-refractivity contribution is 5.85. The van der Waals surface area contributed by atoms with Crippen LogP contribution in [0.5, 0.6) is 5.75 Å². The molecular formula is C18H26F2N2O2. The van der Waals surface area contributed by atoms with Crippen LogP contribution in [0.2, 0.25) is 0 Å². The lowest BCUT2D eigenvalue weighted by Crippen LogP contribution is -2.53. The number of carbonyl (C=O) groups is 1. The lowest BCUT2D eigenvalue weighted by molar-refractivity contribution is -0.135. The van der Waals surface area contributed by atoms with E-state index in [9.17, 15) is 13.6 Å². The van der Waals surface area contributed by atoms with Crippen LogP contribution in [0.15, 0.2) is 18.2 Å². The monoisotopic (exact) mass is 340 g/mol. The summed E-state index contributed by atoms with van der Waals surface area (Å²) in [6.45, 7) is 9.36. The van der Waals surface area contributed by atoms with Gasteiger partial charge in [-0.3, -0.25) is 4.79 Å². The summed E-state index contributed by atoms with van der Waals surface area (Å²) in [5, 5.41) is 2.98. The number of nitrogens with zero attached hydrogens (tertiary/aromatic N) is 1. The molecule has 1 amide bonds. The molecule has 1 fully saturated rings. The molecule has 4 nitrogen and oxygen atoms in total. The van der Waals surface area contributed by atoms with Crippen molar-refractivity contribution in [2.45, 2.75) is 58.2 Å². The topological polar surface area (TPSA) is 41.6 Å². The smallest absolute Gasteiger partial charge is 0.263 e. The van der Waals surface area contributed by atoms with Crippen molar-refractivity contribution in [1.82, 2.24) is 10.2 Å². The van der Waals surface area contributed by atoms with E-state index in [4.69, 9.17) is 4.74 Å². The summed E-state index contributed by atoms with van der Waals surface area (Å²) < 4.78 is 32.2. The molecule has 134 valence electrons. The average Bonchev–Trinajstić information content (AvgIpc) is 2.50. The number of hydrogen-bond donors (Lipinski definition) is 1. The minimum atomic E-state index is -1.24. The van der Waals surface area contributed by atoms with E-state index in [1.807, 2.05) is 0 Å². The molecule has 0 aliphatic carbocycles. The molecule has 24 heavy (non-hydrogen) atoms. The molecule has 2 rings (SSSR count). The standard InChI is InChI=1S/C18H26F2N2O2/c1-12(2)22-9-7-14(8-10-22)21-17(23)18(3,4)24-16-6-5-13(19)11-15(16)20/h5-6,11-12,14H,7-10H2,1-4H3,(H,21,23). The fraction of sp³-hybridized carbons (Fsp3) is 0.611. The van der Waals surface area contributed by atoms with Crippen LogP contribution in [0.25, 0.3) is 0 Å². The van der Waals surface area contributed by atoms with E-state index in [2.05, 4.69) is 24.1 Å². The van der Waals surface area contributed by atoms with E-state index in [0.29, 0.717) is 6.04 Å². The number of benzene rings is 1. The van der Waals surface area contributed by atoms with Crippen LogP contribution in [0.3, 0.4) is 0 Å². The summed E-state index contributed by atoms with van der Waals surface area (Å²) in [6, 6.07) is 3.64. The van der Waals surface area contributed by atoms with Crippen LogP contribution < -0.4 is 10.1 Å². The molecule has 0 spiro atoms. The highest BCUT2D eigenvalue weighted by Gasteiger charge is 2.33. The van der Waals surface area contributed by atoms with E-state index < -0.39 is 17.2 Å². The fourth-order valence-electron chi connectivity index (χ4n) is 2.80. The van der Waals surface area contributed by atoms with Crippen LogP contribution in [0, 0.1) is 11.6 Å². The van der Waals surface area contributed by atoms with E-state index in [-0.39, 0.29) is 17.7 Å². The number of ether oxygens (including phenoxy) is 1. The van der Waals surface area contributed by atoms with Crippen LogP contribution in [-0.2, 0) is 4.79 Å². The van der Waals surface area contributed by atoms with Crippen molar-refractivity contribution >= 4 is 5.91 Å². The number of rotatable bonds is 5. The lowest BCUT2D eigenvalue weighted by atomic mass is 10.0. The number of hydrogen-bond acceptors (Lipinski definition) is 3. The van der Waals surface area contributed by atoms with Crippen molar-refractivity contribution in [3.8, 4) is 5.75 Å². The molecular weight excluding hydrogens is 314 g/mol. The second-order valence-corrected chi connectivity index (χ2v) is 7.06. The number of amides is 1. The first kappa shape index (κ1) is 18.6. The number of carbonyl (C=O) groups excluding carboxylic acids is 1. The number of nitrogens with one attached hydrogen (secondary N) is 1. The SMILES string of the molecule is CC(C)N1CCC(NC(=O)C(C)(C)Oc2ccc(F)cc2F)CC1. The normalized spacial score (nSPS) is 17.1. The van der Waals surface area contributed by atoms with Gasteiger partial charge in [0.25, 0.3) is 5.91 Å². The Morgan fingerprint density at radius 1 is 1.29 bits per heavy atom. The maximum absolute atomic E-state index is 13.7. The molecule has 1 aliphatic rings. The molecule has 1 saturated heterocycles. The Hall–Kier alpha value is -1.69. The summed E-state index contributed by atoms with van der Waals surface area (Å²) in [6.07, 6.45) is 1.76. The van der Waals surface area contributed by atoms with Crippen LogP contribution in [0.4, 0.5) is 8.78 Å². The van der Waals surface area contributed by atoms with Gasteiger partial charge in [0.2, 0.25) is 0 Å². The zero-order valence-electron chi connectivity index (χ0n) is 14.7. The van der Waals surface area contributed by atoms with Gasteiger partial charge in [-0.15, -0.1) is 0 Å². The summed E-state index contributed by atoms with van der Waals surface area (Å²) in [5.74, 6) is -1.93. The van der Waals surface area contributed by atoms with Gasteiger partial charge in [-0.05, 0) is 52.7 Å². The average molecular weight is 340 g/mol. The van der Waals surface area contributed by atoms with E-state index in [1.54, 1.807) is 13.8 Å². The Bertz CT molecular complexity index is 582. The van der Waals surface area contributed by atoms with Gasteiger partial charge in [-0.25, -0.2) is 8.78 Å². The Labute approximate surface area is 142 Å². The summed E-state index contributed by atoms with van der Waals surface area (Å²) in [4.78, 5) is 14.9. The first-order chi connectivity index (χ1) is 11.2. The van der Waals surface area contributed by atoms with Gasteiger partial charge in [-0.1, -0.05) is 0 Å². The zero-order valence-corrected chi connectivity index (χ0v) is 14.7. The fourth-order valence-corrected chi connectivity index (χ4v) is 2.80. The highest BCUT2D eigenvalue weighted by Crippen LogP contribution is 2.23. The first-order valence-corrected chi connectivity index (χ1v) is 8.38. The maximum Gasteiger partial charge on any atom is 0.263 e. The Morgan fingerprint density at radius 3 is 2.46 bits per heavy atom.